The van der Waals surface area contributed by atoms with Crippen LogP contribution >= 0.6 is 0 Å². The fourth-order valence-electron chi connectivity index (χ4n) is 2.00. The fourth-order valence-corrected chi connectivity index (χ4v) is 2.00. The standard InChI is InChI=1S/C17H19N3O3/c1-2-23-15-9-7-14(8-10-15)20-17(22)19-13-5-3-12(4-6-13)11-16(18)21/h3-10H,2,11H2,1H3,(H2,18,21)(H2,19,20,22). The number of hydrogen-bond donors (Lipinski definition) is 3. The van der Waals surface area contributed by atoms with Crippen molar-refractivity contribution in [1.82, 2.24) is 0 Å². The molecule has 2 aromatic carbocycles. The van der Waals surface area contributed by atoms with E-state index >= 15 is 0 Å². The maximum absolute atomic E-state index is 11.9. The van der Waals surface area contributed by atoms with Crippen LogP contribution in [0.25, 0.3) is 0 Å². The number of nitrogens with two attached hydrogens (primary N) is 1. The summed E-state index contributed by atoms with van der Waals surface area (Å²) in [5, 5.41) is 5.44. The Morgan fingerprint density at radius 2 is 1.48 bits per heavy atom. The lowest BCUT2D eigenvalue weighted by Crippen LogP contribution is -2.19. The van der Waals surface area contributed by atoms with Crippen molar-refractivity contribution in [3.8, 4) is 5.75 Å². The van der Waals surface area contributed by atoms with Gasteiger partial charge in [-0.25, -0.2) is 4.79 Å². The van der Waals surface area contributed by atoms with Gasteiger partial charge in [-0.3, -0.25) is 4.79 Å². The summed E-state index contributed by atoms with van der Waals surface area (Å²) in [6, 6.07) is 13.7. The smallest absolute Gasteiger partial charge is 0.323 e. The number of carbonyl (C=O) groups is 2. The van der Waals surface area contributed by atoms with Crippen LogP contribution in [0.4, 0.5) is 16.2 Å². The van der Waals surface area contributed by atoms with Crippen LogP contribution in [0.5, 0.6) is 5.75 Å². The van der Waals surface area contributed by atoms with Crippen LogP contribution in [-0.2, 0) is 11.2 Å². The highest BCUT2D eigenvalue weighted by atomic mass is 16.5. The van der Waals surface area contributed by atoms with Gasteiger partial charge in [0.05, 0.1) is 13.0 Å². The summed E-state index contributed by atoms with van der Waals surface area (Å²) in [5.74, 6) is 0.363. The Labute approximate surface area is 134 Å². The van der Waals surface area contributed by atoms with Crippen molar-refractivity contribution < 1.29 is 14.3 Å². The lowest BCUT2D eigenvalue weighted by atomic mass is 10.1. The maximum Gasteiger partial charge on any atom is 0.323 e. The second kappa shape index (κ2) is 7.84. The van der Waals surface area contributed by atoms with E-state index in [4.69, 9.17) is 10.5 Å². The van der Waals surface area contributed by atoms with E-state index in [1.165, 1.54) is 0 Å². The minimum atomic E-state index is -0.390. The van der Waals surface area contributed by atoms with Crippen molar-refractivity contribution in [3.05, 3.63) is 54.1 Å². The third-order valence-corrected chi connectivity index (χ3v) is 3.01. The molecule has 0 unspecified atom stereocenters. The number of carbonyl (C=O) groups excluding carboxylic acids is 2. The van der Waals surface area contributed by atoms with Gasteiger partial charge in [-0.1, -0.05) is 12.1 Å². The third kappa shape index (κ3) is 5.35. The predicted molar refractivity (Wildman–Crippen MR) is 89.6 cm³/mol. The number of rotatable bonds is 6. The number of urea groups is 1. The molecule has 0 saturated heterocycles. The van der Waals surface area contributed by atoms with Gasteiger partial charge >= 0.3 is 6.03 Å². The number of hydrogen-bond acceptors (Lipinski definition) is 3. The van der Waals surface area contributed by atoms with Gasteiger partial charge in [0.15, 0.2) is 0 Å². The van der Waals surface area contributed by atoms with Gasteiger partial charge in [-0.15, -0.1) is 0 Å². The summed E-state index contributed by atoms with van der Waals surface area (Å²) in [6.45, 7) is 2.51. The molecule has 6 heteroatoms. The summed E-state index contributed by atoms with van der Waals surface area (Å²) in [7, 11) is 0. The van der Waals surface area contributed by atoms with E-state index in [0.717, 1.165) is 11.3 Å². The lowest BCUT2D eigenvalue weighted by molar-refractivity contribution is -0.117. The Morgan fingerprint density at radius 1 is 0.957 bits per heavy atom. The largest absolute Gasteiger partial charge is 0.494 e. The quantitative estimate of drug-likeness (QED) is 0.765. The van der Waals surface area contributed by atoms with E-state index in [2.05, 4.69) is 10.6 Å². The van der Waals surface area contributed by atoms with Gasteiger partial charge in [-0.05, 0) is 48.9 Å². The first-order valence-corrected chi connectivity index (χ1v) is 7.25. The molecular weight excluding hydrogens is 294 g/mol. The molecule has 0 heterocycles. The molecule has 0 aromatic heterocycles. The second-order valence-electron chi connectivity index (χ2n) is 4.88. The number of benzene rings is 2. The minimum Gasteiger partial charge on any atom is -0.494 e. The van der Waals surface area contributed by atoms with Crippen LogP contribution < -0.4 is 21.1 Å². The normalized spacial score (nSPS) is 9.96. The molecule has 0 aliphatic heterocycles. The van der Waals surface area contributed by atoms with Gasteiger partial charge in [0.2, 0.25) is 5.91 Å². The van der Waals surface area contributed by atoms with Crippen molar-refractivity contribution >= 4 is 23.3 Å². The highest BCUT2D eigenvalue weighted by Gasteiger charge is 2.04. The number of ether oxygens (including phenoxy) is 1. The zero-order valence-corrected chi connectivity index (χ0v) is 12.8. The Kier molecular flexibility index (Phi) is 5.57. The molecule has 2 rings (SSSR count). The van der Waals surface area contributed by atoms with Crippen LogP contribution in [0.1, 0.15) is 12.5 Å². The zero-order chi connectivity index (χ0) is 16.7. The molecule has 3 amide bonds. The second-order valence-corrected chi connectivity index (χ2v) is 4.88. The molecule has 23 heavy (non-hydrogen) atoms. The van der Waals surface area contributed by atoms with E-state index in [1.54, 1.807) is 48.5 Å². The van der Waals surface area contributed by atoms with Crippen LogP contribution in [-0.4, -0.2) is 18.5 Å². The molecule has 0 atom stereocenters. The van der Waals surface area contributed by atoms with Crippen molar-refractivity contribution in [3.63, 3.8) is 0 Å². The minimum absolute atomic E-state index is 0.179. The molecule has 0 aliphatic rings. The zero-order valence-electron chi connectivity index (χ0n) is 12.8. The molecule has 120 valence electrons. The highest BCUT2D eigenvalue weighted by molar-refractivity contribution is 5.99. The van der Waals surface area contributed by atoms with E-state index in [-0.39, 0.29) is 18.4 Å². The topological polar surface area (TPSA) is 93.4 Å². The average molecular weight is 313 g/mol. The maximum atomic E-state index is 11.9. The number of amides is 3. The Balaban J connectivity index is 1.90. The summed E-state index contributed by atoms with van der Waals surface area (Å²) in [4.78, 5) is 22.8. The lowest BCUT2D eigenvalue weighted by Gasteiger charge is -2.09. The molecule has 0 aliphatic carbocycles. The molecule has 4 N–H and O–H groups in total. The summed E-state index contributed by atoms with van der Waals surface area (Å²) >= 11 is 0. The molecule has 0 saturated carbocycles. The summed E-state index contributed by atoms with van der Waals surface area (Å²) in [6.07, 6.45) is 0.179. The van der Waals surface area contributed by atoms with Crippen molar-refractivity contribution in [2.45, 2.75) is 13.3 Å². The van der Waals surface area contributed by atoms with Gasteiger partial charge < -0.3 is 21.1 Å². The van der Waals surface area contributed by atoms with E-state index < -0.39 is 0 Å². The van der Waals surface area contributed by atoms with Gasteiger partial charge in [0.1, 0.15) is 5.75 Å². The van der Waals surface area contributed by atoms with Gasteiger partial charge in [0, 0.05) is 11.4 Å². The summed E-state index contributed by atoms with van der Waals surface area (Å²) < 4.78 is 5.34. The van der Waals surface area contributed by atoms with Gasteiger partial charge in [0.25, 0.3) is 0 Å². The monoisotopic (exact) mass is 313 g/mol. The first-order valence-electron chi connectivity index (χ1n) is 7.25. The van der Waals surface area contributed by atoms with Crippen LogP contribution in [0, 0.1) is 0 Å². The van der Waals surface area contributed by atoms with Crippen LogP contribution in [0.15, 0.2) is 48.5 Å². The van der Waals surface area contributed by atoms with Crippen LogP contribution in [0.3, 0.4) is 0 Å². The Bertz CT molecular complexity index is 666. The molecule has 0 bridgehead atoms. The van der Waals surface area contributed by atoms with Gasteiger partial charge in [-0.2, -0.15) is 0 Å². The number of primary amides is 1. The molecule has 6 nitrogen and oxygen atoms in total. The Morgan fingerprint density at radius 3 is 1.96 bits per heavy atom. The van der Waals surface area contributed by atoms with E-state index in [9.17, 15) is 9.59 Å². The summed E-state index contributed by atoms with van der Waals surface area (Å²) in [5.41, 5.74) is 7.22. The number of nitrogens with one attached hydrogen (secondary N) is 2. The highest BCUT2D eigenvalue weighted by Crippen LogP contribution is 2.16. The predicted octanol–water partition coefficient (Wildman–Crippen LogP) is 2.76. The third-order valence-electron chi connectivity index (χ3n) is 3.01. The molecule has 2 aromatic rings. The molecular formula is C17H19N3O3. The first kappa shape index (κ1) is 16.4. The van der Waals surface area contributed by atoms with Crippen LogP contribution in [0.2, 0.25) is 0 Å². The first-order chi connectivity index (χ1) is 11.1. The van der Waals surface area contributed by atoms with E-state index in [1.807, 2.05) is 6.92 Å². The molecule has 0 radical (unpaired) electrons. The fraction of sp³-hybridized carbons (Fsp3) is 0.176. The molecule has 0 spiro atoms. The SMILES string of the molecule is CCOc1ccc(NC(=O)Nc2ccc(CC(N)=O)cc2)cc1. The van der Waals surface area contributed by atoms with Crippen molar-refractivity contribution in [2.75, 3.05) is 17.2 Å². The Hall–Kier alpha value is -3.02. The number of anilines is 2. The van der Waals surface area contributed by atoms with E-state index in [0.29, 0.717) is 18.0 Å². The van der Waals surface area contributed by atoms with Crippen molar-refractivity contribution in [1.29, 1.82) is 0 Å². The average Bonchev–Trinajstić information content (AvgIpc) is 2.51. The molecule has 0 fully saturated rings. The van der Waals surface area contributed by atoms with Crippen molar-refractivity contribution in [2.24, 2.45) is 5.73 Å².